The fraction of sp³-hybridized carbons (Fsp3) is 0.367. The van der Waals surface area contributed by atoms with Gasteiger partial charge < -0.3 is 15.2 Å². The maximum atomic E-state index is 14.7. The fourth-order valence-corrected chi connectivity index (χ4v) is 5.30. The number of nitrogens with zero attached hydrogens (tertiary/aromatic N) is 4. The first-order chi connectivity index (χ1) is 18.4. The van der Waals surface area contributed by atoms with Crippen LogP contribution in [0.15, 0.2) is 49.2 Å². The molecule has 198 valence electrons. The number of hydrogen-bond donors (Lipinski definition) is 3. The molecule has 1 aliphatic heterocycles. The van der Waals surface area contributed by atoms with E-state index in [9.17, 15) is 4.39 Å². The summed E-state index contributed by atoms with van der Waals surface area (Å²) in [5.41, 5.74) is 6.94. The molecule has 4 heterocycles. The molecule has 0 bridgehead atoms. The SMILES string of the molecule is C=C/C=C(/c1cc(F)cc(CCCN(C)C)c1)c1nc(-c2[nH]nc3ncc(C4CCNCC4)cc23)[nH]c1C. The van der Waals surface area contributed by atoms with Crippen molar-refractivity contribution >= 4 is 16.6 Å². The van der Waals surface area contributed by atoms with E-state index >= 15 is 0 Å². The molecule has 1 aliphatic rings. The lowest BCUT2D eigenvalue weighted by molar-refractivity contribution is 0.400. The maximum absolute atomic E-state index is 14.7. The number of allylic oxidation sites excluding steroid dienone is 2. The van der Waals surface area contributed by atoms with Crippen molar-refractivity contribution < 1.29 is 4.39 Å². The number of H-pyrrole nitrogens is 2. The number of piperidine rings is 1. The molecule has 3 aromatic heterocycles. The average molecular weight is 514 g/mol. The molecule has 0 spiro atoms. The fourth-order valence-electron chi connectivity index (χ4n) is 5.30. The van der Waals surface area contributed by atoms with Crippen molar-refractivity contribution in [2.24, 2.45) is 0 Å². The van der Waals surface area contributed by atoms with Crippen LogP contribution in [0.25, 0.3) is 28.1 Å². The molecule has 1 fully saturated rings. The third-order valence-corrected chi connectivity index (χ3v) is 7.24. The Balaban J connectivity index is 1.49. The van der Waals surface area contributed by atoms with Crippen LogP contribution in [0.1, 0.15) is 53.3 Å². The van der Waals surface area contributed by atoms with Crippen LogP contribution >= 0.6 is 0 Å². The van der Waals surface area contributed by atoms with Gasteiger partial charge in [0.05, 0.1) is 11.1 Å². The van der Waals surface area contributed by atoms with E-state index in [1.165, 1.54) is 5.56 Å². The summed E-state index contributed by atoms with van der Waals surface area (Å²) in [7, 11) is 4.10. The lowest BCUT2D eigenvalue weighted by atomic mass is 9.91. The van der Waals surface area contributed by atoms with Crippen LogP contribution < -0.4 is 5.32 Å². The Morgan fingerprint density at radius 1 is 1.18 bits per heavy atom. The molecule has 0 amide bonds. The van der Waals surface area contributed by atoms with Gasteiger partial charge in [0.15, 0.2) is 11.5 Å². The number of rotatable bonds is 9. The third kappa shape index (κ3) is 5.61. The van der Waals surface area contributed by atoms with Crippen molar-refractivity contribution in [3.05, 3.63) is 83.1 Å². The van der Waals surface area contributed by atoms with E-state index in [1.54, 1.807) is 18.2 Å². The van der Waals surface area contributed by atoms with Crippen molar-refractivity contribution in [3.8, 4) is 11.5 Å². The monoisotopic (exact) mass is 513 g/mol. The number of benzene rings is 1. The lowest BCUT2D eigenvalue weighted by Gasteiger charge is -2.22. The maximum Gasteiger partial charge on any atom is 0.181 e. The quantitative estimate of drug-likeness (QED) is 0.262. The lowest BCUT2D eigenvalue weighted by Crippen LogP contribution is -2.26. The van der Waals surface area contributed by atoms with Crippen LogP contribution in [-0.4, -0.2) is 63.8 Å². The van der Waals surface area contributed by atoms with E-state index in [1.807, 2.05) is 33.3 Å². The molecule has 8 heteroatoms. The minimum Gasteiger partial charge on any atom is -0.340 e. The van der Waals surface area contributed by atoms with Gasteiger partial charge in [-0.2, -0.15) is 5.10 Å². The number of imidazole rings is 1. The molecular formula is C30H36FN7. The van der Waals surface area contributed by atoms with E-state index < -0.39 is 0 Å². The first-order valence-electron chi connectivity index (χ1n) is 13.3. The minimum atomic E-state index is -0.248. The van der Waals surface area contributed by atoms with E-state index in [2.05, 4.69) is 49.1 Å². The van der Waals surface area contributed by atoms with Crippen molar-refractivity contribution in [2.45, 2.75) is 38.5 Å². The second-order valence-corrected chi connectivity index (χ2v) is 10.4. The van der Waals surface area contributed by atoms with Gasteiger partial charge in [0.25, 0.3) is 0 Å². The Morgan fingerprint density at radius 3 is 2.76 bits per heavy atom. The van der Waals surface area contributed by atoms with Crippen molar-refractivity contribution in [3.63, 3.8) is 0 Å². The topological polar surface area (TPSA) is 85.5 Å². The number of hydrogen-bond acceptors (Lipinski definition) is 5. The van der Waals surface area contributed by atoms with Crippen LogP contribution in [0.5, 0.6) is 0 Å². The second-order valence-electron chi connectivity index (χ2n) is 10.4. The zero-order valence-corrected chi connectivity index (χ0v) is 22.4. The van der Waals surface area contributed by atoms with Gasteiger partial charge in [-0.05, 0) is 107 Å². The van der Waals surface area contributed by atoms with Crippen LogP contribution in [0.4, 0.5) is 4.39 Å². The highest BCUT2D eigenvalue weighted by Gasteiger charge is 2.21. The zero-order valence-electron chi connectivity index (χ0n) is 22.4. The van der Waals surface area contributed by atoms with Crippen LogP contribution in [0.2, 0.25) is 0 Å². The number of fused-ring (bicyclic) bond motifs is 1. The predicted molar refractivity (Wildman–Crippen MR) is 152 cm³/mol. The van der Waals surface area contributed by atoms with Crippen molar-refractivity contribution in [1.29, 1.82) is 0 Å². The summed E-state index contributed by atoms with van der Waals surface area (Å²) in [6.07, 6.45) is 9.54. The summed E-state index contributed by atoms with van der Waals surface area (Å²) in [4.78, 5) is 15.2. The number of nitrogens with one attached hydrogen (secondary N) is 3. The first-order valence-corrected chi connectivity index (χ1v) is 13.3. The Morgan fingerprint density at radius 2 is 2.00 bits per heavy atom. The summed E-state index contributed by atoms with van der Waals surface area (Å²) in [6.45, 7) is 8.89. The normalized spacial score (nSPS) is 15.0. The predicted octanol–water partition coefficient (Wildman–Crippen LogP) is 5.37. The van der Waals surface area contributed by atoms with Gasteiger partial charge in [-0.1, -0.05) is 24.8 Å². The molecule has 0 aliphatic carbocycles. The summed E-state index contributed by atoms with van der Waals surface area (Å²) in [6, 6.07) is 7.45. The van der Waals surface area contributed by atoms with E-state index in [-0.39, 0.29) is 5.82 Å². The average Bonchev–Trinajstić information content (AvgIpc) is 3.50. The molecular weight excluding hydrogens is 477 g/mol. The molecule has 0 radical (unpaired) electrons. The number of pyridine rings is 1. The molecule has 0 unspecified atom stereocenters. The Labute approximate surface area is 223 Å². The molecule has 1 aromatic carbocycles. The smallest absolute Gasteiger partial charge is 0.181 e. The molecule has 4 aromatic rings. The van der Waals surface area contributed by atoms with Gasteiger partial charge in [0, 0.05) is 17.5 Å². The highest BCUT2D eigenvalue weighted by molar-refractivity contribution is 5.90. The van der Waals surface area contributed by atoms with Crippen molar-refractivity contribution in [1.82, 2.24) is 35.4 Å². The molecule has 5 rings (SSSR count). The highest BCUT2D eigenvalue weighted by atomic mass is 19.1. The number of aromatic amines is 2. The van der Waals surface area contributed by atoms with Gasteiger partial charge in [0.1, 0.15) is 11.5 Å². The molecule has 3 N–H and O–H groups in total. The van der Waals surface area contributed by atoms with Gasteiger partial charge >= 0.3 is 0 Å². The number of aromatic nitrogens is 5. The van der Waals surface area contributed by atoms with Gasteiger partial charge in [0.2, 0.25) is 0 Å². The van der Waals surface area contributed by atoms with Gasteiger partial charge in [-0.25, -0.2) is 14.4 Å². The van der Waals surface area contributed by atoms with E-state index in [0.29, 0.717) is 17.4 Å². The minimum absolute atomic E-state index is 0.248. The second kappa shape index (κ2) is 11.4. The summed E-state index contributed by atoms with van der Waals surface area (Å²) in [5, 5.41) is 11.9. The molecule has 38 heavy (non-hydrogen) atoms. The largest absolute Gasteiger partial charge is 0.340 e. The highest BCUT2D eigenvalue weighted by Crippen LogP contribution is 2.33. The van der Waals surface area contributed by atoms with Crippen LogP contribution in [-0.2, 0) is 6.42 Å². The summed E-state index contributed by atoms with van der Waals surface area (Å²) in [5.74, 6) is 0.926. The van der Waals surface area contributed by atoms with Gasteiger partial charge in [-0.3, -0.25) is 5.10 Å². The standard InChI is InChI=1S/C30H36FN7/c1-5-7-25(22-14-20(15-24(31)16-22)8-6-13-38(3)4)27-19(2)34-30(35-27)28-26-17-23(18-33-29(26)37-36-28)21-9-11-32-12-10-21/h5,7,14-18,21,32H,1,6,8-13H2,2-4H3,(H,34,35)(H,33,36,37)/b25-7-. The molecule has 1 saturated heterocycles. The van der Waals surface area contributed by atoms with Gasteiger partial charge in [-0.15, -0.1) is 0 Å². The third-order valence-electron chi connectivity index (χ3n) is 7.24. The Kier molecular flexibility index (Phi) is 7.81. The summed E-state index contributed by atoms with van der Waals surface area (Å²) >= 11 is 0. The van der Waals surface area contributed by atoms with E-state index in [4.69, 9.17) is 4.98 Å². The molecule has 7 nitrogen and oxygen atoms in total. The number of aryl methyl sites for hydroxylation is 2. The van der Waals surface area contributed by atoms with Crippen LogP contribution in [0.3, 0.4) is 0 Å². The Hall–Kier alpha value is -3.62. The van der Waals surface area contributed by atoms with Crippen molar-refractivity contribution in [2.75, 3.05) is 33.7 Å². The zero-order chi connectivity index (χ0) is 26.6. The van der Waals surface area contributed by atoms with Crippen LogP contribution in [0, 0.1) is 12.7 Å². The number of halogens is 1. The Bertz CT molecular complexity index is 1460. The summed E-state index contributed by atoms with van der Waals surface area (Å²) < 4.78 is 14.7. The first kappa shape index (κ1) is 26.0. The molecule has 0 saturated carbocycles. The molecule has 0 atom stereocenters. The van der Waals surface area contributed by atoms with E-state index in [0.717, 1.165) is 84.5 Å².